The van der Waals surface area contributed by atoms with Crippen molar-refractivity contribution in [1.82, 2.24) is 14.9 Å². The molecule has 2 atom stereocenters. The van der Waals surface area contributed by atoms with Gasteiger partial charge in [0.2, 0.25) is 5.91 Å². The average molecular weight is 210 g/mol. The minimum atomic E-state index is -0.129. The molecule has 1 aromatic heterocycles. The molecule has 0 saturated carbocycles. The maximum atomic E-state index is 11.5. The van der Waals surface area contributed by atoms with Crippen molar-refractivity contribution in [3.8, 4) is 0 Å². The van der Waals surface area contributed by atoms with Crippen molar-refractivity contribution in [2.24, 2.45) is 11.7 Å². The maximum Gasteiger partial charge on any atom is 0.224 e. The van der Waals surface area contributed by atoms with E-state index in [2.05, 4.69) is 10.3 Å². The maximum absolute atomic E-state index is 11.5. The number of aromatic nitrogens is 2. The first-order valence-corrected chi connectivity index (χ1v) is 5.09. The number of hydrogen-bond acceptors (Lipinski definition) is 3. The van der Waals surface area contributed by atoms with E-state index in [-0.39, 0.29) is 17.9 Å². The second kappa shape index (κ2) is 5.50. The summed E-state index contributed by atoms with van der Waals surface area (Å²) in [7, 11) is 0. The van der Waals surface area contributed by atoms with Gasteiger partial charge in [0.1, 0.15) is 0 Å². The van der Waals surface area contributed by atoms with Gasteiger partial charge in [0, 0.05) is 37.4 Å². The first-order valence-electron chi connectivity index (χ1n) is 5.09. The Morgan fingerprint density at radius 3 is 2.87 bits per heavy atom. The van der Waals surface area contributed by atoms with Gasteiger partial charge in [-0.1, -0.05) is 6.92 Å². The fourth-order valence-corrected chi connectivity index (χ4v) is 1.25. The number of imidazole rings is 1. The van der Waals surface area contributed by atoms with Crippen LogP contribution in [0.5, 0.6) is 0 Å². The molecule has 1 heterocycles. The molecule has 0 bridgehead atoms. The number of carbonyl (C=O) groups is 1. The van der Waals surface area contributed by atoms with Crippen LogP contribution in [0.3, 0.4) is 0 Å². The number of nitrogens with zero attached hydrogens (tertiary/aromatic N) is 2. The topological polar surface area (TPSA) is 72.9 Å². The minimum absolute atomic E-state index is 0.00474. The normalized spacial score (nSPS) is 14.6. The molecule has 1 aromatic rings. The molecule has 0 spiro atoms. The zero-order valence-electron chi connectivity index (χ0n) is 9.18. The van der Waals surface area contributed by atoms with Crippen LogP contribution in [0.25, 0.3) is 0 Å². The third-order valence-electron chi connectivity index (χ3n) is 2.23. The number of hydrogen-bond donors (Lipinski definition) is 2. The Hall–Kier alpha value is -1.36. The molecule has 3 N–H and O–H groups in total. The largest absolute Gasteiger partial charge is 0.352 e. The van der Waals surface area contributed by atoms with Crippen LogP contribution in [0.15, 0.2) is 18.7 Å². The van der Waals surface area contributed by atoms with Gasteiger partial charge in [-0.25, -0.2) is 4.98 Å². The SMILES string of the molecule is CC(Cn1ccnc1)NC(=O)C(C)CN. The molecule has 0 radical (unpaired) electrons. The lowest BCUT2D eigenvalue weighted by Crippen LogP contribution is -2.40. The Morgan fingerprint density at radius 1 is 1.60 bits per heavy atom. The highest BCUT2D eigenvalue weighted by Crippen LogP contribution is 1.95. The summed E-state index contributed by atoms with van der Waals surface area (Å²) in [6.07, 6.45) is 5.32. The van der Waals surface area contributed by atoms with E-state index in [1.807, 2.05) is 24.6 Å². The van der Waals surface area contributed by atoms with Gasteiger partial charge < -0.3 is 15.6 Å². The molecular weight excluding hydrogens is 192 g/mol. The smallest absolute Gasteiger partial charge is 0.224 e. The van der Waals surface area contributed by atoms with Crippen LogP contribution in [0.1, 0.15) is 13.8 Å². The Labute approximate surface area is 89.7 Å². The molecule has 0 aliphatic carbocycles. The average Bonchev–Trinajstić information content (AvgIpc) is 2.68. The summed E-state index contributed by atoms with van der Waals surface area (Å²) in [6.45, 7) is 4.88. The van der Waals surface area contributed by atoms with Gasteiger partial charge in [0.25, 0.3) is 0 Å². The zero-order valence-corrected chi connectivity index (χ0v) is 9.18. The zero-order chi connectivity index (χ0) is 11.3. The van der Waals surface area contributed by atoms with Crippen LogP contribution in [0, 0.1) is 5.92 Å². The summed E-state index contributed by atoms with van der Waals surface area (Å²) in [5.74, 6) is -0.125. The quantitative estimate of drug-likeness (QED) is 0.717. The number of nitrogens with one attached hydrogen (secondary N) is 1. The summed E-state index contributed by atoms with van der Waals surface area (Å²) in [5.41, 5.74) is 5.41. The third-order valence-corrected chi connectivity index (χ3v) is 2.23. The highest BCUT2D eigenvalue weighted by Gasteiger charge is 2.13. The summed E-state index contributed by atoms with van der Waals surface area (Å²) in [6, 6.07) is 0.0840. The number of carbonyl (C=O) groups excluding carboxylic acids is 1. The van der Waals surface area contributed by atoms with Gasteiger partial charge in [0.15, 0.2) is 0 Å². The third kappa shape index (κ3) is 3.71. The van der Waals surface area contributed by atoms with Gasteiger partial charge >= 0.3 is 0 Å². The van der Waals surface area contributed by atoms with Crippen molar-refractivity contribution in [2.45, 2.75) is 26.4 Å². The van der Waals surface area contributed by atoms with Crippen LogP contribution in [0.2, 0.25) is 0 Å². The van der Waals surface area contributed by atoms with Crippen molar-refractivity contribution < 1.29 is 4.79 Å². The molecule has 5 heteroatoms. The van der Waals surface area contributed by atoms with E-state index in [1.54, 1.807) is 12.5 Å². The van der Waals surface area contributed by atoms with Crippen LogP contribution >= 0.6 is 0 Å². The molecule has 0 fully saturated rings. The van der Waals surface area contributed by atoms with Gasteiger partial charge in [-0.2, -0.15) is 0 Å². The predicted octanol–water partition coefficient (Wildman–Crippen LogP) is -0.0174. The highest BCUT2D eigenvalue weighted by atomic mass is 16.1. The lowest BCUT2D eigenvalue weighted by Gasteiger charge is -2.16. The predicted molar refractivity (Wildman–Crippen MR) is 58.1 cm³/mol. The van der Waals surface area contributed by atoms with Crippen molar-refractivity contribution in [2.75, 3.05) is 6.54 Å². The first kappa shape index (κ1) is 11.7. The number of amides is 1. The standard InChI is InChI=1S/C10H18N4O/c1-8(5-11)10(15)13-9(2)6-14-4-3-12-7-14/h3-4,7-9H,5-6,11H2,1-2H3,(H,13,15). The van der Waals surface area contributed by atoms with Gasteiger partial charge in [-0.15, -0.1) is 0 Å². The van der Waals surface area contributed by atoms with E-state index < -0.39 is 0 Å². The summed E-state index contributed by atoms with van der Waals surface area (Å²) in [5, 5.41) is 2.90. The van der Waals surface area contributed by atoms with Crippen molar-refractivity contribution in [3.63, 3.8) is 0 Å². The Morgan fingerprint density at radius 2 is 2.33 bits per heavy atom. The van der Waals surface area contributed by atoms with E-state index in [9.17, 15) is 4.79 Å². The van der Waals surface area contributed by atoms with E-state index in [0.717, 1.165) is 6.54 Å². The van der Waals surface area contributed by atoms with E-state index >= 15 is 0 Å². The summed E-state index contributed by atoms with van der Waals surface area (Å²) < 4.78 is 1.93. The molecule has 0 aliphatic heterocycles. The fourth-order valence-electron chi connectivity index (χ4n) is 1.25. The van der Waals surface area contributed by atoms with Crippen molar-refractivity contribution >= 4 is 5.91 Å². The second-order valence-corrected chi connectivity index (χ2v) is 3.81. The molecule has 84 valence electrons. The Kier molecular flexibility index (Phi) is 4.30. The first-order chi connectivity index (χ1) is 7.13. The van der Waals surface area contributed by atoms with Gasteiger partial charge in [-0.3, -0.25) is 4.79 Å². The van der Waals surface area contributed by atoms with Crippen molar-refractivity contribution in [3.05, 3.63) is 18.7 Å². The number of nitrogens with two attached hydrogens (primary N) is 1. The summed E-state index contributed by atoms with van der Waals surface area (Å²) in [4.78, 5) is 15.4. The molecule has 15 heavy (non-hydrogen) atoms. The molecule has 0 saturated heterocycles. The van der Waals surface area contributed by atoms with Crippen LogP contribution in [-0.4, -0.2) is 28.0 Å². The second-order valence-electron chi connectivity index (χ2n) is 3.81. The molecule has 0 aromatic carbocycles. The van der Waals surface area contributed by atoms with Crippen LogP contribution in [-0.2, 0) is 11.3 Å². The molecule has 1 rings (SSSR count). The van der Waals surface area contributed by atoms with E-state index in [1.165, 1.54) is 0 Å². The fraction of sp³-hybridized carbons (Fsp3) is 0.600. The Bertz CT molecular complexity index is 296. The van der Waals surface area contributed by atoms with Gasteiger partial charge in [0.05, 0.1) is 6.33 Å². The van der Waals surface area contributed by atoms with E-state index in [4.69, 9.17) is 5.73 Å². The summed E-state index contributed by atoms with van der Waals surface area (Å²) >= 11 is 0. The van der Waals surface area contributed by atoms with E-state index in [0.29, 0.717) is 6.54 Å². The highest BCUT2D eigenvalue weighted by molar-refractivity contribution is 5.78. The van der Waals surface area contributed by atoms with Crippen molar-refractivity contribution in [1.29, 1.82) is 0 Å². The molecule has 5 nitrogen and oxygen atoms in total. The molecule has 1 amide bonds. The Balaban J connectivity index is 2.36. The number of rotatable bonds is 5. The lowest BCUT2D eigenvalue weighted by atomic mass is 10.1. The molecule has 2 unspecified atom stereocenters. The van der Waals surface area contributed by atoms with Gasteiger partial charge in [-0.05, 0) is 6.92 Å². The lowest BCUT2D eigenvalue weighted by molar-refractivity contribution is -0.124. The molecule has 0 aliphatic rings. The monoisotopic (exact) mass is 210 g/mol. The molecular formula is C10H18N4O. The van der Waals surface area contributed by atoms with Crippen LogP contribution in [0.4, 0.5) is 0 Å². The van der Waals surface area contributed by atoms with Crippen LogP contribution < -0.4 is 11.1 Å². The minimum Gasteiger partial charge on any atom is -0.352 e.